The van der Waals surface area contributed by atoms with Crippen LogP contribution in [0, 0.1) is 15.9 Å². The van der Waals surface area contributed by atoms with Gasteiger partial charge in [-0.15, -0.1) is 0 Å². The molecular weight excluding hydrogens is 267 g/mol. The predicted octanol–water partition coefficient (Wildman–Crippen LogP) is 2.12. The number of benzene rings is 1. The SMILES string of the molecule is CCOC(=O)CCN(C)Cc1cc(F)cc([N+](=O)[O-])c1. The monoisotopic (exact) mass is 284 g/mol. The molecule has 0 saturated heterocycles. The average Bonchev–Trinajstić information content (AvgIpc) is 2.36. The molecule has 7 heteroatoms. The van der Waals surface area contributed by atoms with Crippen LogP contribution < -0.4 is 0 Å². The second-order valence-electron chi connectivity index (χ2n) is 4.37. The molecule has 0 spiro atoms. The first-order valence-corrected chi connectivity index (χ1v) is 6.20. The molecule has 0 heterocycles. The third kappa shape index (κ3) is 5.31. The number of halogens is 1. The van der Waals surface area contributed by atoms with Crippen LogP contribution in [0.3, 0.4) is 0 Å². The van der Waals surface area contributed by atoms with Gasteiger partial charge in [-0.1, -0.05) is 0 Å². The number of nitro benzene ring substituents is 1. The van der Waals surface area contributed by atoms with Gasteiger partial charge >= 0.3 is 5.97 Å². The molecule has 6 nitrogen and oxygen atoms in total. The first kappa shape index (κ1) is 16.0. The Hall–Kier alpha value is -2.02. The Morgan fingerprint density at radius 3 is 2.75 bits per heavy atom. The minimum absolute atomic E-state index is 0.224. The van der Waals surface area contributed by atoms with Crippen molar-refractivity contribution < 1.29 is 18.8 Å². The van der Waals surface area contributed by atoms with E-state index in [2.05, 4.69) is 0 Å². The smallest absolute Gasteiger partial charge is 0.307 e. The molecule has 0 aliphatic rings. The molecule has 1 rings (SSSR count). The van der Waals surface area contributed by atoms with Gasteiger partial charge in [-0.05, 0) is 25.6 Å². The third-order valence-corrected chi connectivity index (χ3v) is 2.61. The summed E-state index contributed by atoms with van der Waals surface area (Å²) in [6.07, 6.45) is 0.224. The van der Waals surface area contributed by atoms with Crippen LogP contribution in [0.4, 0.5) is 10.1 Å². The molecule has 0 amide bonds. The second kappa shape index (κ2) is 7.54. The molecule has 0 fully saturated rings. The maximum Gasteiger partial charge on any atom is 0.307 e. The highest BCUT2D eigenvalue weighted by molar-refractivity contribution is 5.69. The van der Waals surface area contributed by atoms with E-state index in [4.69, 9.17) is 4.74 Å². The molecule has 0 bridgehead atoms. The van der Waals surface area contributed by atoms with Gasteiger partial charge < -0.3 is 9.64 Å². The predicted molar refractivity (Wildman–Crippen MR) is 70.6 cm³/mol. The lowest BCUT2D eigenvalue weighted by atomic mass is 10.2. The van der Waals surface area contributed by atoms with E-state index in [9.17, 15) is 19.3 Å². The van der Waals surface area contributed by atoms with Gasteiger partial charge in [-0.2, -0.15) is 0 Å². The van der Waals surface area contributed by atoms with Crippen molar-refractivity contribution in [1.82, 2.24) is 4.90 Å². The Bertz CT molecular complexity index is 493. The highest BCUT2D eigenvalue weighted by atomic mass is 19.1. The van der Waals surface area contributed by atoms with E-state index in [-0.39, 0.29) is 18.1 Å². The molecule has 0 aliphatic heterocycles. The molecule has 1 aromatic carbocycles. The quantitative estimate of drug-likeness (QED) is 0.435. The first-order chi connectivity index (χ1) is 9.42. The van der Waals surface area contributed by atoms with E-state index in [1.54, 1.807) is 18.9 Å². The van der Waals surface area contributed by atoms with E-state index >= 15 is 0 Å². The van der Waals surface area contributed by atoms with Crippen LogP contribution in [0.1, 0.15) is 18.9 Å². The zero-order valence-corrected chi connectivity index (χ0v) is 11.5. The summed E-state index contributed by atoms with van der Waals surface area (Å²) in [5, 5.41) is 10.6. The second-order valence-corrected chi connectivity index (χ2v) is 4.37. The van der Waals surface area contributed by atoms with Crippen molar-refractivity contribution in [2.45, 2.75) is 19.9 Å². The summed E-state index contributed by atoms with van der Waals surface area (Å²) in [4.78, 5) is 23.0. The highest BCUT2D eigenvalue weighted by Gasteiger charge is 2.12. The largest absolute Gasteiger partial charge is 0.466 e. The minimum Gasteiger partial charge on any atom is -0.466 e. The summed E-state index contributed by atoms with van der Waals surface area (Å²) < 4.78 is 18.1. The molecule has 0 saturated carbocycles. The summed E-state index contributed by atoms with van der Waals surface area (Å²) in [5.41, 5.74) is 0.210. The lowest BCUT2D eigenvalue weighted by molar-refractivity contribution is -0.385. The molecule has 0 N–H and O–H groups in total. The van der Waals surface area contributed by atoms with Crippen LogP contribution in [-0.2, 0) is 16.1 Å². The van der Waals surface area contributed by atoms with Gasteiger partial charge in [-0.25, -0.2) is 4.39 Å². The number of non-ortho nitro benzene ring substituents is 1. The van der Waals surface area contributed by atoms with Crippen LogP contribution in [0.2, 0.25) is 0 Å². The maximum atomic E-state index is 13.3. The molecule has 1 aromatic rings. The molecule has 0 unspecified atom stereocenters. The molecule has 110 valence electrons. The zero-order valence-electron chi connectivity index (χ0n) is 11.5. The first-order valence-electron chi connectivity index (χ1n) is 6.20. The van der Waals surface area contributed by atoms with Gasteiger partial charge in [0.25, 0.3) is 5.69 Å². The van der Waals surface area contributed by atoms with Crippen molar-refractivity contribution >= 4 is 11.7 Å². The number of hydrogen-bond donors (Lipinski definition) is 0. The summed E-state index contributed by atoms with van der Waals surface area (Å²) >= 11 is 0. The molecule has 0 aromatic heterocycles. The Kier molecular flexibility index (Phi) is 6.05. The number of nitro groups is 1. The fourth-order valence-corrected chi connectivity index (χ4v) is 1.74. The number of carbonyl (C=O) groups excluding carboxylic acids is 1. The lowest BCUT2D eigenvalue weighted by Gasteiger charge is -2.16. The number of ether oxygens (including phenoxy) is 1. The van der Waals surface area contributed by atoms with E-state index in [0.29, 0.717) is 25.3 Å². The van der Waals surface area contributed by atoms with Gasteiger partial charge in [0.2, 0.25) is 0 Å². The van der Waals surface area contributed by atoms with Gasteiger partial charge in [0.1, 0.15) is 5.82 Å². The Labute approximate surface area is 116 Å². The van der Waals surface area contributed by atoms with Crippen molar-refractivity contribution in [2.24, 2.45) is 0 Å². The lowest BCUT2D eigenvalue weighted by Crippen LogP contribution is -2.22. The van der Waals surface area contributed by atoms with Crippen molar-refractivity contribution in [3.05, 3.63) is 39.7 Å². The topological polar surface area (TPSA) is 72.7 Å². The Morgan fingerprint density at radius 1 is 1.45 bits per heavy atom. The Morgan fingerprint density at radius 2 is 2.15 bits per heavy atom. The van der Waals surface area contributed by atoms with E-state index < -0.39 is 10.7 Å². The third-order valence-electron chi connectivity index (χ3n) is 2.61. The maximum absolute atomic E-state index is 13.3. The number of hydrogen-bond acceptors (Lipinski definition) is 5. The summed E-state index contributed by atoms with van der Waals surface area (Å²) in [7, 11) is 1.75. The standard InChI is InChI=1S/C13H17FN2O4/c1-3-20-13(17)4-5-15(2)9-10-6-11(14)8-12(7-10)16(18)19/h6-8H,3-5,9H2,1-2H3. The summed E-state index contributed by atoms with van der Waals surface area (Å²) in [6.45, 7) is 2.81. The van der Waals surface area contributed by atoms with Gasteiger partial charge in [0.15, 0.2) is 0 Å². The highest BCUT2D eigenvalue weighted by Crippen LogP contribution is 2.17. The van der Waals surface area contributed by atoms with E-state index in [1.807, 2.05) is 0 Å². The van der Waals surface area contributed by atoms with Crippen LogP contribution >= 0.6 is 0 Å². The minimum atomic E-state index is -0.645. The zero-order chi connectivity index (χ0) is 15.1. The number of rotatable bonds is 7. The van der Waals surface area contributed by atoms with Crippen LogP contribution in [0.15, 0.2) is 18.2 Å². The normalized spacial score (nSPS) is 10.6. The van der Waals surface area contributed by atoms with Crippen LogP contribution in [0.5, 0.6) is 0 Å². The van der Waals surface area contributed by atoms with Crippen molar-refractivity contribution in [1.29, 1.82) is 0 Å². The van der Waals surface area contributed by atoms with Crippen LogP contribution in [0.25, 0.3) is 0 Å². The number of nitrogens with zero attached hydrogens (tertiary/aromatic N) is 2. The average molecular weight is 284 g/mol. The molecule has 0 atom stereocenters. The molecule has 20 heavy (non-hydrogen) atoms. The number of esters is 1. The van der Waals surface area contributed by atoms with Gasteiger partial charge in [0, 0.05) is 19.2 Å². The van der Waals surface area contributed by atoms with Crippen molar-refractivity contribution in [2.75, 3.05) is 20.2 Å². The fraction of sp³-hybridized carbons (Fsp3) is 0.462. The molecular formula is C13H17FN2O4. The van der Waals surface area contributed by atoms with E-state index in [1.165, 1.54) is 12.1 Å². The van der Waals surface area contributed by atoms with Crippen LogP contribution in [-0.4, -0.2) is 36.0 Å². The van der Waals surface area contributed by atoms with Crippen molar-refractivity contribution in [3.8, 4) is 0 Å². The Balaban J connectivity index is 2.59. The summed E-state index contributed by atoms with van der Waals surface area (Å²) in [5.74, 6) is -0.947. The fourth-order valence-electron chi connectivity index (χ4n) is 1.74. The van der Waals surface area contributed by atoms with Crippen molar-refractivity contribution in [3.63, 3.8) is 0 Å². The van der Waals surface area contributed by atoms with E-state index in [0.717, 1.165) is 6.07 Å². The number of carbonyl (C=O) groups is 1. The molecule has 0 radical (unpaired) electrons. The summed E-state index contributed by atoms with van der Waals surface area (Å²) in [6, 6.07) is 3.44. The molecule has 0 aliphatic carbocycles. The van der Waals surface area contributed by atoms with Gasteiger partial charge in [0.05, 0.1) is 24.0 Å². The van der Waals surface area contributed by atoms with Gasteiger partial charge in [-0.3, -0.25) is 14.9 Å².